The number of carbonyl (C=O) groups is 1. The summed E-state index contributed by atoms with van der Waals surface area (Å²) in [5.41, 5.74) is 1.48. The van der Waals surface area contributed by atoms with Crippen LogP contribution in [0.5, 0.6) is 0 Å². The number of anilines is 2. The highest BCUT2D eigenvalue weighted by atomic mass is 79.9. The Morgan fingerprint density at radius 3 is 2.67 bits per heavy atom. The van der Waals surface area contributed by atoms with E-state index in [4.69, 9.17) is 0 Å². The van der Waals surface area contributed by atoms with E-state index >= 15 is 0 Å². The van der Waals surface area contributed by atoms with Crippen molar-refractivity contribution in [2.45, 2.75) is 12.8 Å². The second-order valence-corrected chi connectivity index (χ2v) is 7.22. The van der Waals surface area contributed by atoms with Crippen LogP contribution in [-0.2, 0) is 4.79 Å². The van der Waals surface area contributed by atoms with Crippen molar-refractivity contribution in [2.24, 2.45) is 5.92 Å². The maximum Gasteiger partial charge on any atom is 0.227 e. The highest BCUT2D eigenvalue weighted by molar-refractivity contribution is 9.10. The molecule has 3 heterocycles. The number of hydrogen-bond acceptors (Lipinski definition) is 6. The predicted octanol–water partition coefficient (Wildman–Crippen LogP) is 2.67. The number of halogens is 1. The molecule has 1 fully saturated rings. The van der Waals surface area contributed by atoms with Crippen LogP contribution in [0.4, 0.5) is 11.6 Å². The average molecular weight is 428 g/mol. The second-order valence-electron chi connectivity index (χ2n) is 6.30. The van der Waals surface area contributed by atoms with Gasteiger partial charge in [-0.1, -0.05) is 15.9 Å². The monoisotopic (exact) mass is 427 g/mol. The molecule has 1 N–H and O–H groups in total. The van der Waals surface area contributed by atoms with E-state index in [1.165, 1.54) is 6.33 Å². The van der Waals surface area contributed by atoms with Gasteiger partial charge >= 0.3 is 0 Å². The maximum absolute atomic E-state index is 12.8. The Morgan fingerprint density at radius 2 is 1.96 bits per heavy atom. The summed E-state index contributed by atoms with van der Waals surface area (Å²) in [5, 5.41) is 7.22. The van der Waals surface area contributed by atoms with Crippen LogP contribution in [0.25, 0.3) is 5.69 Å². The molecule has 0 spiro atoms. The molecule has 0 unspecified atom stereocenters. The number of benzene rings is 1. The minimum Gasteiger partial charge on any atom is -0.341 e. The lowest BCUT2D eigenvalue weighted by atomic mass is 9.96. The first kappa shape index (κ1) is 17.6. The number of carbonyl (C=O) groups excluding carboxylic acids is 1. The molecule has 4 rings (SSSR count). The fourth-order valence-electron chi connectivity index (χ4n) is 3.17. The minimum absolute atomic E-state index is 0.0168. The van der Waals surface area contributed by atoms with Gasteiger partial charge in [0.05, 0.1) is 11.4 Å². The summed E-state index contributed by atoms with van der Waals surface area (Å²) in [6.07, 6.45) is 8.07. The molecular formula is C18H18BrN7O. The summed E-state index contributed by atoms with van der Waals surface area (Å²) in [7, 11) is 0. The Hall–Kier alpha value is -2.81. The molecular weight excluding hydrogens is 410 g/mol. The molecule has 3 aromatic rings. The van der Waals surface area contributed by atoms with Gasteiger partial charge in [-0.25, -0.2) is 19.6 Å². The SMILES string of the molecule is O=C(Nc1cc(Br)ccc1-n1cncn1)C1CCN(c2ncccn2)CC1. The topological polar surface area (TPSA) is 88.8 Å². The largest absolute Gasteiger partial charge is 0.341 e. The predicted molar refractivity (Wildman–Crippen MR) is 105 cm³/mol. The highest BCUT2D eigenvalue weighted by Crippen LogP contribution is 2.27. The van der Waals surface area contributed by atoms with Gasteiger partial charge in [0.1, 0.15) is 12.7 Å². The summed E-state index contributed by atoms with van der Waals surface area (Å²) in [6, 6.07) is 7.48. The van der Waals surface area contributed by atoms with E-state index in [0.29, 0.717) is 5.69 Å². The molecule has 0 bridgehead atoms. The van der Waals surface area contributed by atoms with Crippen molar-refractivity contribution in [2.75, 3.05) is 23.3 Å². The van der Waals surface area contributed by atoms with Gasteiger partial charge in [0, 0.05) is 35.9 Å². The van der Waals surface area contributed by atoms with Crippen molar-refractivity contribution < 1.29 is 4.79 Å². The molecule has 2 aromatic heterocycles. The fraction of sp³-hybridized carbons (Fsp3) is 0.278. The van der Waals surface area contributed by atoms with Gasteiger partial charge in [-0.15, -0.1) is 0 Å². The lowest BCUT2D eigenvalue weighted by Crippen LogP contribution is -2.39. The third-order valence-electron chi connectivity index (χ3n) is 4.58. The Kier molecular flexibility index (Phi) is 5.10. The molecule has 0 atom stereocenters. The van der Waals surface area contributed by atoms with E-state index in [1.807, 2.05) is 18.2 Å². The Bertz CT molecular complexity index is 909. The van der Waals surface area contributed by atoms with E-state index in [0.717, 1.165) is 42.0 Å². The molecule has 9 heteroatoms. The summed E-state index contributed by atoms with van der Waals surface area (Å²) in [4.78, 5) is 27.5. The van der Waals surface area contributed by atoms with Crippen molar-refractivity contribution in [1.82, 2.24) is 24.7 Å². The molecule has 1 amide bonds. The molecule has 1 aliphatic heterocycles. The van der Waals surface area contributed by atoms with E-state index < -0.39 is 0 Å². The fourth-order valence-corrected chi connectivity index (χ4v) is 3.53. The lowest BCUT2D eigenvalue weighted by molar-refractivity contribution is -0.120. The normalized spacial score (nSPS) is 14.9. The van der Waals surface area contributed by atoms with E-state index in [1.54, 1.807) is 29.5 Å². The van der Waals surface area contributed by atoms with E-state index in [-0.39, 0.29) is 11.8 Å². The van der Waals surface area contributed by atoms with Gasteiger partial charge in [0.15, 0.2) is 0 Å². The zero-order valence-electron chi connectivity index (χ0n) is 14.5. The summed E-state index contributed by atoms with van der Waals surface area (Å²) in [6.45, 7) is 1.52. The maximum atomic E-state index is 12.8. The number of hydrogen-bond donors (Lipinski definition) is 1. The molecule has 0 aliphatic carbocycles. The molecule has 0 saturated carbocycles. The van der Waals surface area contributed by atoms with Gasteiger partial charge in [0.2, 0.25) is 11.9 Å². The van der Waals surface area contributed by atoms with Crippen molar-refractivity contribution >= 4 is 33.5 Å². The van der Waals surface area contributed by atoms with Crippen LogP contribution in [0.3, 0.4) is 0 Å². The average Bonchev–Trinajstić information content (AvgIpc) is 3.23. The first-order valence-corrected chi connectivity index (χ1v) is 9.47. The standard InChI is InChI=1S/C18H18BrN7O/c19-14-2-3-16(26-12-20-11-23-26)15(10-14)24-17(27)13-4-8-25(9-5-13)18-21-6-1-7-22-18/h1-3,6-7,10-13H,4-5,8-9H2,(H,24,27). The quantitative estimate of drug-likeness (QED) is 0.688. The highest BCUT2D eigenvalue weighted by Gasteiger charge is 2.26. The Morgan fingerprint density at radius 1 is 1.19 bits per heavy atom. The summed E-state index contributed by atoms with van der Waals surface area (Å²) in [5.74, 6) is 0.687. The first-order valence-electron chi connectivity index (χ1n) is 8.68. The van der Waals surface area contributed by atoms with Gasteiger partial charge in [-0.05, 0) is 37.1 Å². The van der Waals surface area contributed by atoms with Crippen molar-refractivity contribution in [3.8, 4) is 5.69 Å². The zero-order chi connectivity index (χ0) is 18.6. The van der Waals surface area contributed by atoms with Crippen LogP contribution in [0.1, 0.15) is 12.8 Å². The van der Waals surface area contributed by atoms with Gasteiger partial charge in [-0.2, -0.15) is 5.10 Å². The Balaban J connectivity index is 1.44. The lowest BCUT2D eigenvalue weighted by Gasteiger charge is -2.31. The number of nitrogens with zero attached hydrogens (tertiary/aromatic N) is 6. The van der Waals surface area contributed by atoms with E-state index in [9.17, 15) is 4.79 Å². The van der Waals surface area contributed by atoms with Crippen LogP contribution < -0.4 is 10.2 Å². The molecule has 1 aliphatic rings. The molecule has 8 nitrogen and oxygen atoms in total. The van der Waals surface area contributed by atoms with E-state index in [2.05, 4.69) is 46.2 Å². The Labute approximate surface area is 164 Å². The number of amides is 1. The summed E-state index contributed by atoms with van der Waals surface area (Å²) >= 11 is 3.46. The van der Waals surface area contributed by atoms with Crippen LogP contribution in [-0.4, -0.2) is 43.7 Å². The molecule has 27 heavy (non-hydrogen) atoms. The third kappa shape index (κ3) is 3.97. The van der Waals surface area contributed by atoms with Gasteiger partial charge < -0.3 is 10.2 Å². The second kappa shape index (κ2) is 7.83. The number of aromatic nitrogens is 5. The molecule has 1 saturated heterocycles. The first-order chi connectivity index (χ1) is 13.2. The van der Waals surface area contributed by atoms with Crippen LogP contribution in [0, 0.1) is 5.92 Å². The van der Waals surface area contributed by atoms with Crippen molar-refractivity contribution in [3.05, 3.63) is 53.8 Å². The molecule has 138 valence electrons. The van der Waals surface area contributed by atoms with Crippen molar-refractivity contribution in [3.63, 3.8) is 0 Å². The third-order valence-corrected chi connectivity index (χ3v) is 5.08. The number of nitrogens with one attached hydrogen (secondary N) is 1. The van der Waals surface area contributed by atoms with Crippen LogP contribution >= 0.6 is 15.9 Å². The smallest absolute Gasteiger partial charge is 0.227 e. The number of rotatable bonds is 4. The summed E-state index contributed by atoms with van der Waals surface area (Å²) < 4.78 is 2.52. The zero-order valence-corrected chi connectivity index (χ0v) is 16.1. The van der Waals surface area contributed by atoms with Gasteiger partial charge in [0.25, 0.3) is 0 Å². The van der Waals surface area contributed by atoms with Gasteiger partial charge in [-0.3, -0.25) is 4.79 Å². The number of piperidine rings is 1. The minimum atomic E-state index is -0.0486. The van der Waals surface area contributed by atoms with Crippen molar-refractivity contribution in [1.29, 1.82) is 0 Å². The van der Waals surface area contributed by atoms with Crippen LogP contribution in [0.2, 0.25) is 0 Å². The molecule has 0 radical (unpaired) electrons. The molecule has 1 aromatic carbocycles. The van der Waals surface area contributed by atoms with Crippen LogP contribution in [0.15, 0.2) is 53.8 Å².